The van der Waals surface area contributed by atoms with Crippen LogP contribution in [0.2, 0.25) is 0 Å². The van der Waals surface area contributed by atoms with E-state index in [9.17, 15) is 9.90 Å². The molecular formula is C11H16N2O3. The maximum atomic E-state index is 10.6. The van der Waals surface area contributed by atoms with E-state index in [-0.39, 0.29) is 5.56 Å². The van der Waals surface area contributed by atoms with Crippen molar-refractivity contribution in [2.45, 2.75) is 32.4 Å². The summed E-state index contributed by atoms with van der Waals surface area (Å²) in [6.07, 6.45) is 0.733. The molecule has 1 heterocycles. The van der Waals surface area contributed by atoms with Crippen LogP contribution in [-0.2, 0) is 0 Å². The molecule has 1 rings (SSSR count). The minimum absolute atomic E-state index is 0.139. The summed E-state index contributed by atoms with van der Waals surface area (Å²) in [5.74, 6) is -0.468. The predicted octanol–water partition coefficient (Wildman–Crippen LogP) is 1.35. The Morgan fingerprint density at radius 1 is 1.50 bits per heavy atom. The van der Waals surface area contributed by atoms with Crippen molar-refractivity contribution >= 4 is 11.8 Å². The van der Waals surface area contributed by atoms with Crippen LogP contribution in [0, 0.1) is 0 Å². The van der Waals surface area contributed by atoms with E-state index in [1.54, 1.807) is 13.0 Å². The Kier molecular flexibility index (Phi) is 3.49. The molecule has 3 N–H and O–H groups in total. The molecule has 1 unspecified atom stereocenters. The first-order valence-electron chi connectivity index (χ1n) is 4.98. The van der Waals surface area contributed by atoms with Gasteiger partial charge >= 0.3 is 5.97 Å². The summed E-state index contributed by atoms with van der Waals surface area (Å²) < 4.78 is 0. The van der Waals surface area contributed by atoms with Gasteiger partial charge in [0.15, 0.2) is 0 Å². The van der Waals surface area contributed by atoms with Gasteiger partial charge in [-0.2, -0.15) is 0 Å². The molecule has 0 saturated heterocycles. The van der Waals surface area contributed by atoms with Crippen molar-refractivity contribution in [3.8, 4) is 0 Å². The quantitative estimate of drug-likeness (QED) is 0.719. The first-order valence-corrected chi connectivity index (χ1v) is 4.98. The molecule has 0 aromatic carbocycles. The fourth-order valence-electron chi connectivity index (χ4n) is 1.03. The van der Waals surface area contributed by atoms with Crippen LogP contribution >= 0.6 is 0 Å². The van der Waals surface area contributed by atoms with Gasteiger partial charge in [0.2, 0.25) is 0 Å². The van der Waals surface area contributed by atoms with Crippen LogP contribution < -0.4 is 5.32 Å². The molecule has 0 fully saturated rings. The number of aliphatic hydroxyl groups is 1. The highest BCUT2D eigenvalue weighted by atomic mass is 16.4. The summed E-state index contributed by atoms with van der Waals surface area (Å²) >= 11 is 0. The minimum Gasteiger partial charge on any atom is -0.478 e. The monoisotopic (exact) mass is 224 g/mol. The summed E-state index contributed by atoms with van der Waals surface area (Å²) in [6.45, 7) is 5.35. The number of carboxylic acids is 1. The number of aromatic nitrogens is 1. The Labute approximate surface area is 94.1 Å². The molecule has 0 aliphatic carbocycles. The second kappa shape index (κ2) is 4.49. The van der Waals surface area contributed by atoms with E-state index in [0.717, 1.165) is 0 Å². The third-order valence-corrected chi connectivity index (χ3v) is 2.51. The lowest BCUT2D eigenvalue weighted by atomic mass is 9.99. The van der Waals surface area contributed by atoms with Gasteiger partial charge in [-0.1, -0.05) is 0 Å². The number of pyridine rings is 1. The molecule has 16 heavy (non-hydrogen) atoms. The van der Waals surface area contributed by atoms with E-state index in [4.69, 9.17) is 5.11 Å². The van der Waals surface area contributed by atoms with Crippen molar-refractivity contribution in [1.82, 2.24) is 4.98 Å². The second-order valence-electron chi connectivity index (χ2n) is 4.26. The number of carboxylic acid groups (broad SMARTS) is 1. The zero-order valence-corrected chi connectivity index (χ0v) is 9.56. The number of aliphatic hydroxyl groups excluding tert-OH is 1. The van der Waals surface area contributed by atoms with Crippen LogP contribution in [0.15, 0.2) is 18.3 Å². The average Bonchev–Trinajstić information content (AvgIpc) is 2.17. The van der Waals surface area contributed by atoms with Crippen molar-refractivity contribution in [1.29, 1.82) is 0 Å². The van der Waals surface area contributed by atoms with Crippen molar-refractivity contribution in [2.24, 2.45) is 0 Å². The molecular weight excluding hydrogens is 208 g/mol. The van der Waals surface area contributed by atoms with Gasteiger partial charge < -0.3 is 15.5 Å². The smallest absolute Gasteiger partial charge is 0.337 e. The average molecular weight is 224 g/mol. The molecule has 0 amide bonds. The van der Waals surface area contributed by atoms with Crippen molar-refractivity contribution < 1.29 is 15.0 Å². The summed E-state index contributed by atoms with van der Waals surface area (Å²) in [6, 6.07) is 3.05. The molecule has 0 aliphatic rings. The Hall–Kier alpha value is -1.62. The molecule has 0 bridgehead atoms. The van der Waals surface area contributed by atoms with Crippen molar-refractivity contribution in [2.75, 3.05) is 5.32 Å². The van der Waals surface area contributed by atoms with Crippen LogP contribution in [0.3, 0.4) is 0 Å². The molecule has 0 spiro atoms. The second-order valence-corrected chi connectivity index (χ2v) is 4.26. The van der Waals surface area contributed by atoms with Gasteiger partial charge in [-0.05, 0) is 32.9 Å². The summed E-state index contributed by atoms with van der Waals surface area (Å²) in [4.78, 5) is 14.6. The maximum Gasteiger partial charge on any atom is 0.337 e. The first-order chi connectivity index (χ1) is 7.33. The zero-order valence-electron chi connectivity index (χ0n) is 9.56. The fraction of sp³-hybridized carbons (Fsp3) is 0.455. The summed E-state index contributed by atoms with van der Waals surface area (Å²) in [5.41, 5.74) is -0.377. The van der Waals surface area contributed by atoms with E-state index in [1.807, 2.05) is 13.8 Å². The largest absolute Gasteiger partial charge is 0.478 e. The van der Waals surface area contributed by atoms with Crippen LogP contribution in [-0.4, -0.2) is 32.8 Å². The van der Waals surface area contributed by atoms with Gasteiger partial charge in [-0.25, -0.2) is 9.78 Å². The molecule has 0 saturated carbocycles. The maximum absolute atomic E-state index is 10.6. The van der Waals surface area contributed by atoms with Gasteiger partial charge in [0.05, 0.1) is 17.2 Å². The zero-order chi connectivity index (χ0) is 12.3. The Morgan fingerprint density at radius 2 is 2.12 bits per heavy atom. The Bertz CT molecular complexity index is 371. The van der Waals surface area contributed by atoms with Gasteiger partial charge in [-0.3, -0.25) is 0 Å². The highest BCUT2D eigenvalue weighted by molar-refractivity contribution is 5.87. The highest BCUT2D eigenvalue weighted by Crippen LogP contribution is 2.16. The molecule has 1 aromatic rings. The lowest BCUT2D eigenvalue weighted by molar-refractivity contribution is 0.0696. The van der Waals surface area contributed by atoms with Crippen molar-refractivity contribution in [3.05, 3.63) is 23.9 Å². The van der Waals surface area contributed by atoms with E-state index < -0.39 is 17.6 Å². The number of nitrogens with one attached hydrogen (secondary N) is 1. The molecule has 5 nitrogen and oxygen atoms in total. The molecule has 1 atom stereocenters. The van der Waals surface area contributed by atoms with Crippen LogP contribution in [0.1, 0.15) is 31.1 Å². The number of aromatic carboxylic acids is 1. The highest BCUT2D eigenvalue weighted by Gasteiger charge is 2.23. The topological polar surface area (TPSA) is 82.5 Å². The van der Waals surface area contributed by atoms with Gasteiger partial charge in [0, 0.05) is 6.20 Å². The fourth-order valence-corrected chi connectivity index (χ4v) is 1.03. The number of anilines is 1. The van der Waals surface area contributed by atoms with E-state index in [2.05, 4.69) is 10.3 Å². The van der Waals surface area contributed by atoms with Crippen LogP contribution in [0.4, 0.5) is 5.82 Å². The lowest BCUT2D eigenvalue weighted by Gasteiger charge is -2.29. The molecule has 88 valence electrons. The van der Waals surface area contributed by atoms with Crippen molar-refractivity contribution in [3.63, 3.8) is 0 Å². The van der Waals surface area contributed by atoms with E-state index in [1.165, 1.54) is 12.3 Å². The van der Waals surface area contributed by atoms with Gasteiger partial charge in [0.25, 0.3) is 0 Å². The Balaban J connectivity index is 2.80. The van der Waals surface area contributed by atoms with E-state index in [0.29, 0.717) is 5.82 Å². The summed E-state index contributed by atoms with van der Waals surface area (Å²) in [7, 11) is 0. The normalized spacial score (nSPS) is 13.2. The standard InChI is InChI=1S/C11H16N2O3/c1-7(14)11(2,3)13-9-5-4-8(6-12-9)10(15)16/h4-7,14H,1-3H3,(H,12,13)(H,15,16). The summed E-state index contributed by atoms with van der Waals surface area (Å²) in [5, 5.41) is 21.2. The molecule has 1 aromatic heterocycles. The molecule has 5 heteroatoms. The Morgan fingerprint density at radius 3 is 2.50 bits per heavy atom. The third-order valence-electron chi connectivity index (χ3n) is 2.51. The van der Waals surface area contributed by atoms with Gasteiger partial charge in [-0.15, -0.1) is 0 Å². The number of carbonyl (C=O) groups is 1. The van der Waals surface area contributed by atoms with Gasteiger partial charge in [0.1, 0.15) is 5.82 Å². The SMILES string of the molecule is CC(O)C(C)(C)Nc1ccc(C(=O)O)cn1. The van der Waals surface area contributed by atoms with E-state index >= 15 is 0 Å². The molecule has 0 radical (unpaired) electrons. The minimum atomic E-state index is -1.01. The molecule has 0 aliphatic heterocycles. The van der Waals surface area contributed by atoms with Crippen LogP contribution in [0.25, 0.3) is 0 Å². The van der Waals surface area contributed by atoms with Crippen LogP contribution in [0.5, 0.6) is 0 Å². The number of hydrogen-bond donors (Lipinski definition) is 3. The lowest BCUT2D eigenvalue weighted by Crippen LogP contribution is -2.42. The number of hydrogen-bond acceptors (Lipinski definition) is 4. The number of nitrogens with zero attached hydrogens (tertiary/aromatic N) is 1. The first kappa shape index (κ1) is 12.4. The predicted molar refractivity (Wildman–Crippen MR) is 60.6 cm³/mol. The third kappa shape index (κ3) is 2.93. The number of rotatable bonds is 4.